The molecule has 0 radical (unpaired) electrons. The number of alkyl halides is 1. The molecule has 2 bridgehead atoms. The highest BCUT2D eigenvalue weighted by Crippen LogP contribution is 2.49. The topological polar surface area (TPSA) is 88.9 Å². The molecule has 0 aromatic carbocycles. The number of halogens is 1. The van der Waals surface area contributed by atoms with Crippen molar-refractivity contribution >= 4 is 29.6 Å². The predicted molar refractivity (Wildman–Crippen MR) is 153 cm³/mol. The molecule has 40 heavy (non-hydrogen) atoms. The van der Waals surface area contributed by atoms with Crippen LogP contribution in [0.15, 0.2) is 54.1 Å². The quantitative estimate of drug-likeness (QED) is 0.129. The highest BCUT2D eigenvalue weighted by Gasteiger charge is 2.55. The van der Waals surface area contributed by atoms with E-state index in [9.17, 15) is 9.59 Å². The number of aromatic nitrogens is 2. The van der Waals surface area contributed by atoms with Crippen LogP contribution in [0.5, 0.6) is 0 Å². The van der Waals surface area contributed by atoms with Crippen LogP contribution in [0.1, 0.15) is 52.7 Å². The van der Waals surface area contributed by atoms with Crippen molar-refractivity contribution in [1.82, 2.24) is 9.55 Å². The average Bonchev–Trinajstić information content (AvgIpc) is 3.51. The van der Waals surface area contributed by atoms with Crippen LogP contribution in [-0.2, 0) is 35.6 Å². The molecule has 1 aliphatic carbocycles. The highest BCUT2D eigenvalue weighted by molar-refractivity contribution is 6.17. The van der Waals surface area contributed by atoms with Crippen LogP contribution in [0.25, 0.3) is 6.08 Å². The summed E-state index contributed by atoms with van der Waals surface area (Å²) in [6, 6.07) is 0. The molecule has 3 heterocycles. The smallest absolute Gasteiger partial charge is 0.339 e. The summed E-state index contributed by atoms with van der Waals surface area (Å²) in [5, 5.41) is 0. The Bertz CT molecular complexity index is 1220. The van der Waals surface area contributed by atoms with Crippen LogP contribution in [-0.4, -0.2) is 58.6 Å². The van der Waals surface area contributed by atoms with Crippen LogP contribution in [0.4, 0.5) is 0 Å². The SMILES string of the molecule is CO[C@]12C=C[C@](C)(O1)[C@@H](OC(=O)/C=C/c1cn(C)cn1)C[C@H]1C(C)=CC[C@H](C(C)C)[C@H]1/C=C\2C(=O)OCCCCl. The molecule has 0 amide bonds. The second-order valence-corrected chi connectivity index (χ2v) is 11.9. The Morgan fingerprint density at radius 1 is 1.32 bits per heavy atom. The Hall–Kier alpha value is -2.68. The molecule has 0 saturated carbocycles. The summed E-state index contributed by atoms with van der Waals surface area (Å²) in [6.45, 7) is 8.57. The maximum Gasteiger partial charge on any atom is 0.339 e. The largest absolute Gasteiger partial charge is 0.462 e. The third kappa shape index (κ3) is 6.29. The average molecular weight is 573 g/mol. The normalized spacial score (nSPS) is 33.0. The van der Waals surface area contributed by atoms with Gasteiger partial charge in [0.2, 0.25) is 5.79 Å². The summed E-state index contributed by atoms with van der Waals surface area (Å²) >= 11 is 5.83. The molecule has 1 aromatic heterocycles. The maximum atomic E-state index is 13.6. The lowest BCUT2D eigenvalue weighted by atomic mass is 9.65. The molecule has 4 rings (SSSR count). The van der Waals surface area contributed by atoms with Crippen LogP contribution < -0.4 is 0 Å². The van der Waals surface area contributed by atoms with Gasteiger partial charge in [-0.15, -0.1) is 11.6 Å². The van der Waals surface area contributed by atoms with Crippen molar-refractivity contribution < 1.29 is 28.5 Å². The first-order valence-corrected chi connectivity index (χ1v) is 14.5. The van der Waals surface area contributed by atoms with Gasteiger partial charge >= 0.3 is 11.9 Å². The summed E-state index contributed by atoms with van der Waals surface area (Å²) in [4.78, 5) is 30.9. The fourth-order valence-electron chi connectivity index (χ4n) is 6.04. The molecular formula is C31H41ClN2O6. The van der Waals surface area contributed by atoms with Crippen molar-refractivity contribution in [3.63, 3.8) is 0 Å². The van der Waals surface area contributed by atoms with Crippen molar-refractivity contribution in [3.8, 4) is 0 Å². The number of allylic oxidation sites excluding steroid dienone is 3. The van der Waals surface area contributed by atoms with Crippen molar-refractivity contribution in [2.45, 2.75) is 64.4 Å². The van der Waals surface area contributed by atoms with Gasteiger partial charge in [-0.2, -0.15) is 0 Å². The number of methoxy groups -OCH3 is 1. The first kappa shape index (κ1) is 30.3. The summed E-state index contributed by atoms with van der Waals surface area (Å²) in [7, 11) is 3.37. The minimum Gasteiger partial charge on any atom is -0.462 e. The van der Waals surface area contributed by atoms with E-state index in [2.05, 4.69) is 31.8 Å². The lowest BCUT2D eigenvalue weighted by Gasteiger charge is -2.41. The Kier molecular flexibility index (Phi) is 9.43. The lowest BCUT2D eigenvalue weighted by molar-refractivity contribution is -0.227. The van der Waals surface area contributed by atoms with E-state index in [1.807, 2.05) is 32.3 Å². The zero-order valence-corrected chi connectivity index (χ0v) is 25.0. The number of carbonyl (C=O) groups is 2. The van der Waals surface area contributed by atoms with Gasteiger partial charge in [0.1, 0.15) is 11.7 Å². The molecule has 6 atom stereocenters. The molecule has 2 aliphatic heterocycles. The molecule has 1 aromatic rings. The molecule has 0 fully saturated rings. The number of carbonyl (C=O) groups excluding carboxylic acids is 2. The third-order valence-corrected chi connectivity index (χ3v) is 8.63. The van der Waals surface area contributed by atoms with Gasteiger partial charge < -0.3 is 23.5 Å². The summed E-state index contributed by atoms with van der Waals surface area (Å²) in [5.74, 6) is -1.46. The Morgan fingerprint density at radius 3 is 2.75 bits per heavy atom. The fraction of sp³-hybridized carbons (Fsp3) is 0.581. The highest BCUT2D eigenvalue weighted by atomic mass is 35.5. The van der Waals surface area contributed by atoms with Gasteiger partial charge in [-0.3, -0.25) is 0 Å². The van der Waals surface area contributed by atoms with Crippen LogP contribution in [0, 0.1) is 23.7 Å². The molecule has 0 spiro atoms. The maximum absolute atomic E-state index is 13.6. The van der Waals surface area contributed by atoms with Crippen molar-refractivity contribution in [1.29, 1.82) is 0 Å². The second kappa shape index (κ2) is 12.5. The third-order valence-electron chi connectivity index (χ3n) is 8.37. The fourth-order valence-corrected chi connectivity index (χ4v) is 6.15. The Labute approximate surface area is 242 Å². The molecule has 3 aliphatic rings. The van der Waals surface area contributed by atoms with E-state index < -0.39 is 29.4 Å². The Balaban J connectivity index is 1.74. The number of rotatable bonds is 9. The van der Waals surface area contributed by atoms with Crippen molar-refractivity contribution in [3.05, 3.63) is 59.7 Å². The molecule has 218 valence electrons. The van der Waals surface area contributed by atoms with Crippen LogP contribution >= 0.6 is 11.6 Å². The number of imidazole rings is 1. The zero-order chi connectivity index (χ0) is 29.1. The van der Waals surface area contributed by atoms with E-state index in [0.29, 0.717) is 35.9 Å². The zero-order valence-electron chi connectivity index (χ0n) is 24.3. The van der Waals surface area contributed by atoms with E-state index >= 15 is 0 Å². The molecule has 0 N–H and O–H groups in total. The summed E-state index contributed by atoms with van der Waals surface area (Å²) in [5.41, 5.74) is 1.11. The van der Waals surface area contributed by atoms with E-state index in [1.165, 1.54) is 18.8 Å². The van der Waals surface area contributed by atoms with E-state index in [1.54, 1.807) is 23.0 Å². The minimum absolute atomic E-state index is 0.0159. The number of hydrogen-bond donors (Lipinski definition) is 0. The second-order valence-electron chi connectivity index (χ2n) is 11.5. The molecule has 0 unspecified atom stereocenters. The molecule has 9 heteroatoms. The molecule has 0 saturated heterocycles. The number of fused-ring (bicyclic) bond motifs is 3. The minimum atomic E-state index is -1.48. The monoisotopic (exact) mass is 572 g/mol. The first-order valence-electron chi connectivity index (χ1n) is 14.0. The van der Waals surface area contributed by atoms with Gasteiger partial charge in [0.15, 0.2) is 0 Å². The predicted octanol–water partition coefficient (Wildman–Crippen LogP) is 5.39. The van der Waals surface area contributed by atoms with Crippen molar-refractivity contribution in [2.75, 3.05) is 19.6 Å². The number of aryl methyl sites for hydroxylation is 1. The first-order chi connectivity index (χ1) is 19.0. The molecular weight excluding hydrogens is 532 g/mol. The number of ether oxygens (including phenoxy) is 4. The summed E-state index contributed by atoms with van der Waals surface area (Å²) < 4.78 is 26.1. The molecule has 8 nitrogen and oxygen atoms in total. The number of esters is 2. The van der Waals surface area contributed by atoms with Gasteiger partial charge in [0, 0.05) is 32.3 Å². The van der Waals surface area contributed by atoms with Crippen molar-refractivity contribution in [2.24, 2.45) is 30.7 Å². The van der Waals surface area contributed by atoms with E-state index in [-0.39, 0.29) is 24.4 Å². The van der Waals surface area contributed by atoms with E-state index in [4.69, 9.17) is 30.5 Å². The van der Waals surface area contributed by atoms with Gasteiger partial charge in [-0.05, 0) is 75.0 Å². The van der Waals surface area contributed by atoms with Gasteiger partial charge in [0.25, 0.3) is 0 Å². The number of nitrogens with zero attached hydrogens (tertiary/aromatic N) is 2. The number of hydrogen-bond acceptors (Lipinski definition) is 7. The Morgan fingerprint density at radius 2 is 2.10 bits per heavy atom. The summed E-state index contributed by atoms with van der Waals surface area (Å²) in [6.07, 6.45) is 15.6. The van der Waals surface area contributed by atoms with Gasteiger partial charge in [-0.1, -0.05) is 31.6 Å². The standard InChI is InChI=1S/C31H41ClN2O6/c1-20(2)23-10-8-21(3)24-17-27(39-28(35)11-9-22-18-34(5)19-33-22)30(4)12-13-31(37-6,40-30)26(16-25(23)24)29(36)38-15-7-14-32/h8-9,11-13,16,18-20,23-25,27H,7,10,14-15,17H2,1-6H3/b11-9+,26-16-/t23-,24+,25-,27+,30+,31-/m1/s1. The van der Waals surface area contributed by atoms with Crippen LogP contribution in [0.2, 0.25) is 0 Å². The van der Waals surface area contributed by atoms with Crippen LogP contribution in [0.3, 0.4) is 0 Å². The van der Waals surface area contributed by atoms with Gasteiger partial charge in [0.05, 0.1) is 24.2 Å². The van der Waals surface area contributed by atoms with Gasteiger partial charge in [-0.25, -0.2) is 14.6 Å². The van der Waals surface area contributed by atoms with E-state index in [0.717, 1.165) is 6.42 Å². The lowest BCUT2D eigenvalue weighted by Crippen LogP contribution is -2.48.